The topological polar surface area (TPSA) is 79.1 Å². The van der Waals surface area contributed by atoms with Gasteiger partial charge in [-0.15, -0.1) is 0 Å². The molecule has 0 aromatic heterocycles. The number of hydrogen-bond acceptors (Lipinski definition) is 6. The lowest BCUT2D eigenvalue weighted by atomic mass is 10.1. The van der Waals surface area contributed by atoms with Gasteiger partial charge >= 0.3 is 0 Å². The molecule has 3 aliphatic rings. The minimum atomic E-state index is -0.580. The van der Waals surface area contributed by atoms with Crippen LogP contribution in [0.2, 0.25) is 0 Å². The Bertz CT molecular complexity index is 406. The molecule has 3 heterocycles. The van der Waals surface area contributed by atoms with Crippen LogP contribution < -0.4 is 0 Å². The van der Waals surface area contributed by atoms with Gasteiger partial charge in [0.1, 0.15) is 6.23 Å². The second-order valence-electron chi connectivity index (χ2n) is 5.42. The van der Waals surface area contributed by atoms with Crippen LogP contribution in [0.3, 0.4) is 0 Å². The average molecular weight is 269 g/mol. The quantitative estimate of drug-likeness (QED) is 0.582. The van der Waals surface area contributed by atoms with Crippen molar-refractivity contribution in [2.24, 2.45) is 5.92 Å². The van der Waals surface area contributed by atoms with Gasteiger partial charge in [0, 0.05) is 45.0 Å². The summed E-state index contributed by atoms with van der Waals surface area (Å²) >= 11 is 0. The molecule has 0 aliphatic carbocycles. The van der Waals surface area contributed by atoms with Gasteiger partial charge in [0.2, 0.25) is 0 Å². The number of nitro groups is 1. The number of fused-ring (bicyclic) bond motifs is 1. The number of ether oxygens (including phenoxy) is 1. The van der Waals surface area contributed by atoms with E-state index < -0.39 is 6.23 Å². The number of allylic oxidation sites excluding steroid dienone is 1. The summed E-state index contributed by atoms with van der Waals surface area (Å²) in [5.41, 5.74) is 0.252. The summed E-state index contributed by atoms with van der Waals surface area (Å²) in [6, 6.07) is 0. The highest BCUT2D eigenvalue weighted by molar-refractivity contribution is 5.14. The van der Waals surface area contributed by atoms with E-state index in [9.17, 15) is 15.2 Å². The standard InChI is InChI=1S/C12H19N3O4/c16-11-2-1-10(15(17)18)12-13(4-5-14(11)12)7-9-3-6-19-8-9/h9,11,16H,1-8H2. The number of aliphatic hydroxyl groups is 1. The molecule has 2 saturated heterocycles. The van der Waals surface area contributed by atoms with E-state index in [-0.39, 0.29) is 10.6 Å². The Morgan fingerprint density at radius 2 is 2.26 bits per heavy atom. The normalized spacial score (nSPS) is 31.0. The highest BCUT2D eigenvalue weighted by Crippen LogP contribution is 2.33. The minimum absolute atomic E-state index is 0.252. The lowest BCUT2D eigenvalue weighted by molar-refractivity contribution is -0.433. The van der Waals surface area contributed by atoms with Crippen molar-refractivity contribution < 1.29 is 14.8 Å². The Morgan fingerprint density at radius 1 is 1.42 bits per heavy atom. The molecule has 0 aromatic rings. The first-order chi connectivity index (χ1) is 9.16. The molecule has 0 amide bonds. The van der Waals surface area contributed by atoms with Gasteiger partial charge in [0.15, 0.2) is 5.82 Å². The molecule has 19 heavy (non-hydrogen) atoms. The SMILES string of the molecule is O=[N+]([O-])C1=C2N(CC3CCOC3)CCN2C(O)CC1. The molecule has 3 aliphatic heterocycles. The summed E-state index contributed by atoms with van der Waals surface area (Å²) in [7, 11) is 0. The maximum atomic E-state index is 11.2. The Hall–Kier alpha value is -1.34. The first-order valence-electron chi connectivity index (χ1n) is 6.81. The Labute approximate surface area is 111 Å². The number of hydrogen-bond donors (Lipinski definition) is 1. The zero-order valence-corrected chi connectivity index (χ0v) is 10.8. The van der Waals surface area contributed by atoms with E-state index in [4.69, 9.17) is 4.74 Å². The van der Waals surface area contributed by atoms with Gasteiger partial charge in [0.05, 0.1) is 11.5 Å². The molecule has 7 nitrogen and oxygen atoms in total. The third-order valence-electron chi connectivity index (χ3n) is 4.16. The third kappa shape index (κ3) is 2.28. The van der Waals surface area contributed by atoms with Crippen molar-refractivity contribution >= 4 is 0 Å². The molecule has 2 fully saturated rings. The van der Waals surface area contributed by atoms with E-state index in [0.29, 0.717) is 31.1 Å². The molecular weight excluding hydrogens is 250 g/mol. The highest BCUT2D eigenvalue weighted by atomic mass is 16.6. The van der Waals surface area contributed by atoms with Crippen LogP contribution in [0.25, 0.3) is 0 Å². The first-order valence-corrected chi connectivity index (χ1v) is 6.81. The molecule has 0 bridgehead atoms. The molecule has 1 N–H and O–H groups in total. The average Bonchev–Trinajstić information content (AvgIpc) is 3.01. The van der Waals surface area contributed by atoms with Gasteiger partial charge in [-0.1, -0.05) is 0 Å². The molecule has 0 aromatic carbocycles. The molecule has 3 rings (SSSR count). The summed E-state index contributed by atoms with van der Waals surface area (Å²) in [6.07, 6.45) is 1.22. The van der Waals surface area contributed by atoms with Gasteiger partial charge < -0.3 is 19.6 Å². The fourth-order valence-electron chi connectivity index (χ4n) is 3.18. The van der Waals surface area contributed by atoms with Gasteiger partial charge in [0.25, 0.3) is 5.70 Å². The van der Waals surface area contributed by atoms with Gasteiger partial charge in [-0.25, -0.2) is 0 Å². The van der Waals surface area contributed by atoms with E-state index in [0.717, 1.165) is 32.7 Å². The lowest BCUT2D eigenvalue weighted by Crippen LogP contribution is -2.39. The monoisotopic (exact) mass is 269 g/mol. The fraction of sp³-hybridized carbons (Fsp3) is 0.833. The van der Waals surface area contributed by atoms with Crippen LogP contribution in [0.1, 0.15) is 19.3 Å². The summed E-state index contributed by atoms with van der Waals surface area (Å²) in [5.74, 6) is 1.08. The van der Waals surface area contributed by atoms with Gasteiger partial charge in [-0.05, 0) is 6.42 Å². The van der Waals surface area contributed by atoms with E-state index >= 15 is 0 Å². The fourth-order valence-corrected chi connectivity index (χ4v) is 3.18. The molecule has 0 radical (unpaired) electrons. The number of rotatable bonds is 3. The maximum Gasteiger partial charge on any atom is 0.286 e. The molecular formula is C12H19N3O4. The molecule has 2 unspecified atom stereocenters. The minimum Gasteiger partial charge on any atom is -0.381 e. The number of nitrogens with zero attached hydrogens (tertiary/aromatic N) is 3. The summed E-state index contributed by atoms with van der Waals surface area (Å²) < 4.78 is 5.36. The van der Waals surface area contributed by atoms with Crippen LogP contribution in [0.4, 0.5) is 0 Å². The Morgan fingerprint density at radius 3 is 2.95 bits per heavy atom. The first kappa shape index (κ1) is 12.7. The predicted molar refractivity (Wildman–Crippen MR) is 66.5 cm³/mol. The Kier molecular flexibility index (Phi) is 3.32. The molecule has 2 atom stereocenters. The highest BCUT2D eigenvalue weighted by Gasteiger charge is 2.41. The molecule has 0 spiro atoms. The third-order valence-corrected chi connectivity index (χ3v) is 4.16. The largest absolute Gasteiger partial charge is 0.381 e. The van der Waals surface area contributed by atoms with Crippen LogP contribution in [0.5, 0.6) is 0 Å². The van der Waals surface area contributed by atoms with E-state index in [1.54, 1.807) is 4.90 Å². The zero-order chi connectivity index (χ0) is 13.4. The van der Waals surface area contributed by atoms with E-state index in [1.807, 2.05) is 0 Å². The smallest absolute Gasteiger partial charge is 0.286 e. The van der Waals surface area contributed by atoms with Crippen molar-refractivity contribution in [2.75, 3.05) is 32.8 Å². The lowest BCUT2D eigenvalue weighted by Gasteiger charge is -2.32. The van der Waals surface area contributed by atoms with Crippen molar-refractivity contribution in [1.82, 2.24) is 9.80 Å². The van der Waals surface area contributed by atoms with Gasteiger partial charge in [-0.3, -0.25) is 10.1 Å². The number of aliphatic hydroxyl groups excluding tert-OH is 1. The van der Waals surface area contributed by atoms with Crippen LogP contribution >= 0.6 is 0 Å². The van der Waals surface area contributed by atoms with Crippen LogP contribution in [-0.4, -0.2) is 58.9 Å². The predicted octanol–water partition coefficient (Wildman–Crippen LogP) is 0.198. The second-order valence-corrected chi connectivity index (χ2v) is 5.42. The summed E-state index contributed by atoms with van der Waals surface area (Å²) in [6.45, 7) is 3.73. The second kappa shape index (κ2) is 4.97. The van der Waals surface area contributed by atoms with E-state index in [2.05, 4.69) is 4.90 Å². The van der Waals surface area contributed by atoms with Crippen LogP contribution in [0, 0.1) is 16.0 Å². The molecule has 106 valence electrons. The maximum absolute atomic E-state index is 11.2. The van der Waals surface area contributed by atoms with Crippen molar-refractivity contribution in [3.63, 3.8) is 0 Å². The van der Waals surface area contributed by atoms with Crippen molar-refractivity contribution in [1.29, 1.82) is 0 Å². The van der Waals surface area contributed by atoms with Crippen molar-refractivity contribution in [2.45, 2.75) is 25.5 Å². The van der Waals surface area contributed by atoms with Crippen LogP contribution in [-0.2, 0) is 4.74 Å². The van der Waals surface area contributed by atoms with Crippen LogP contribution in [0.15, 0.2) is 11.5 Å². The van der Waals surface area contributed by atoms with Crippen molar-refractivity contribution in [3.05, 3.63) is 21.6 Å². The zero-order valence-electron chi connectivity index (χ0n) is 10.8. The van der Waals surface area contributed by atoms with E-state index in [1.165, 1.54) is 0 Å². The summed E-state index contributed by atoms with van der Waals surface area (Å²) in [4.78, 5) is 14.7. The Balaban J connectivity index is 1.82. The molecule has 0 saturated carbocycles. The van der Waals surface area contributed by atoms with Crippen molar-refractivity contribution in [3.8, 4) is 0 Å². The summed E-state index contributed by atoms with van der Waals surface area (Å²) in [5, 5.41) is 21.1. The molecule has 7 heteroatoms. The van der Waals surface area contributed by atoms with Gasteiger partial charge in [-0.2, -0.15) is 0 Å².